The summed E-state index contributed by atoms with van der Waals surface area (Å²) in [4.78, 5) is 12.6. The van der Waals surface area contributed by atoms with Crippen LogP contribution in [0.25, 0.3) is 0 Å². The molecular weight excluding hydrogens is 426 g/mol. The summed E-state index contributed by atoms with van der Waals surface area (Å²) in [6, 6.07) is 16.7. The third-order valence-corrected chi connectivity index (χ3v) is 5.59. The van der Waals surface area contributed by atoms with E-state index < -0.39 is 33.6 Å². The molecule has 1 N–H and O–H groups in total. The highest BCUT2D eigenvalue weighted by Gasteiger charge is 2.29. The third kappa shape index (κ3) is 5.58. The number of benzene rings is 3. The minimum Gasteiger partial charge on any atom is -0.457 e. The van der Waals surface area contributed by atoms with Crippen molar-refractivity contribution >= 4 is 27.3 Å². The summed E-state index contributed by atoms with van der Waals surface area (Å²) in [6.45, 7) is 1.37. The summed E-state index contributed by atoms with van der Waals surface area (Å²) in [5, 5.41) is 2.29. The van der Waals surface area contributed by atoms with Gasteiger partial charge >= 0.3 is 0 Å². The van der Waals surface area contributed by atoms with Crippen LogP contribution < -0.4 is 14.4 Å². The number of nitrogens with zero attached hydrogens (tertiary/aromatic N) is 1. The van der Waals surface area contributed by atoms with Gasteiger partial charge in [0.05, 0.1) is 17.6 Å². The number of anilines is 2. The van der Waals surface area contributed by atoms with E-state index in [9.17, 15) is 22.0 Å². The standard InChI is InChI=1S/C22H20F2N2O4S/c1-15(22(27)25-21-13-8-16(23)14-20(21)24)26(31(2,28)29)17-9-11-19(12-10-17)30-18-6-4-3-5-7-18/h3-15H,1-2H3,(H,25,27)/t15-/m1/s1. The molecule has 31 heavy (non-hydrogen) atoms. The average molecular weight is 446 g/mol. The number of ether oxygens (including phenoxy) is 1. The molecule has 3 rings (SSSR count). The summed E-state index contributed by atoms with van der Waals surface area (Å²) in [5.74, 6) is -1.44. The van der Waals surface area contributed by atoms with E-state index in [0.29, 0.717) is 17.6 Å². The van der Waals surface area contributed by atoms with E-state index in [1.54, 1.807) is 24.3 Å². The van der Waals surface area contributed by atoms with Gasteiger partial charge in [-0.05, 0) is 55.5 Å². The Morgan fingerprint density at radius 3 is 2.16 bits per heavy atom. The Bertz CT molecular complexity index is 1170. The molecule has 0 aliphatic carbocycles. The smallest absolute Gasteiger partial charge is 0.248 e. The Morgan fingerprint density at radius 1 is 0.968 bits per heavy atom. The molecule has 0 saturated carbocycles. The van der Waals surface area contributed by atoms with Crippen molar-refractivity contribution in [2.75, 3.05) is 15.9 Å². The van der Waals surface area contributed by atoms with Crippen molar-refractivity contribution in [3.05, 3.63) is 84.4 Å². The molecule has 1 amide bonds. The fourth-order valence-corrected chi connectivity index (χ4v) is 4.10. The molecule has 162 valence electrons. The monoisotopic (exact) mass is 446 g/mol. The first-order valence-electron chi connectivity index (χ1n) is 9.23. The fourth-order valence-electron chi connectivity index (χ4n) is 2.92. The third-order valence-electron chi connectivity index (χ3n) is 4.35. The lowest BCUT2D eigenvalue weighted by Gasteiger charge is -2.28. The molecule has 0 radical (unpaired) electrons. The van der Waals surface area contributed by atoms with Gasteiger partial charge in [-0.25, -0.2) is 17.2 Å². The van der Waals surface area contributed by atoms with Crippen LogP contribution in [0.5, 0.6) is 11.5 Å². The maximum absolute atomic E-state index is 13.9. The number of para-hydroxylation sites is 1. The second-order valence-corrected chi connectivity index (χ2v) is 8.62. The fraction of sp³-hybridized carbons (Fsp3) is 0.136. The molecule has 0 aliphatic heterocycles. The van der Waals surface area contributed by atoms with Crippen LogP contribution in [-0.2, 0) is 14.8 Å². The van der Waals surface area contributed by atoms with Crippen molar-refractivity contribution in [2.24, 2.45) is 0 Å². The highest BCUT2D eigenvalue weighted by atomic mass is 32.2. The van der Waals surface area contributed by atoms with E-state index in [1.807, 2.05) is 18.2 Å². The number of halogens is 2. The van der Waals surface area contributed by atoms with Crippen molar-refractivity contribution in [1.82, 2.24) is 0 Å². The molecule has 0 spiro atoms. The van der Waals surface area contributed by atoms with Crippen LogP contribution in [0.3, 0.4) is 0 Å². The summed E-state index contributed by atoms with van der Waals surface area (Å²) >= 11 is 0. The molecular formula is C22H20F2N2O4S. The molecule has 0 aliphatic rings. The van der Waals surface area contributed by atoms with Crippen LogP contribution in [0.1, 0.15) is 6.92 Å². The quantitative estimate of drug-likeness (QED) is 0.578. The largest absolute Gasteiger partial charge is 0.457 e. The molecule has 6 nitrogen and oxygen atoms in total. The molecule has 1 atom stereocenters. The zero-order valence-corrected chi connectivity index (χ0v) is 17.6. The molecule has 9 heteroatoms. The van der Waals surface area contributed by atoms with Crippen LogP contribution in [-0.4, -0.2) is 26.6 Å². The summed E-state index contributed by atoms with van der Waals surface area (Å²) in [5.41, 5.74) is -0.0246. The first kappa shape index (κ1) is 22.2. The topological polar surface area (TPSA) is 75.7 Å². The van der Waals surface area contributed by atoms with Gasteiger partial charge < -0.3 is 10.1 Å². The van der Waals surface area contributed by atoms with Crippen molar-refractivity contribution in [3.8, 4) is 11.5 Å². The molecule has 0 saturated heterocycles. The van der Waals surface area contributed by atoms with Crippen LogP contribution >= 0.6 is 0 Å². The Hall–Kier alpha value is -3.46. The molecule has 0 heterocycles. The van der Waals surface area contributed by atoms with Crippen LogP contribution in [0, 0.1) is 11.6 Å². The van der Waals surface area contributed by atoms with E-state index in [0.717, 1.165) is 22.7 Å². The minimum absolute atomic E-state index is 0.227. The normalized spacial score (nSPS) is 12.1. The van der Waals surface area contributed by atoms with Gasteiger partial charge in [0.15, 0.2) is 0 Å². The second kappa shape index (κ2) is 9.13. The Morgan fingerprint density at radius 2 is 1.58 bits per heavy atom. The number of carbonyl (C=O) groups is 1. The van der Waals surface area contributed by atoms with Crippen LogP contribution in [0.2, 0.25) is 0 Å². The van der Waals surface area contributed by atoms with E-state index in [4.69, 9.17) is 4.74 Å². The van der Waals surface area contributed by atoms with Crippen molar-refractivity contribution in [1.29, 1.82) is 0 Å². The lowest BCUT2D eigenvalue weighted by Crippen LogP contribution is -2.45. The highest BCUT2D eigenvalue weighted by molar-refractivity contribution is 7.92. The predicted octanol–water partition coefficient (Wildman–Crippen LogP) is 4.55. The number of amides is 1. The van der Waals surface area contributed by atoms with Gasteiger partial charge in [-0.1, -0.05) is 18.2 Å². The van der Waals surface area contributed by atoms with Gasteiger partial charge in [0.2, 0.25) is 15.9 Å². The number of sulfonamides is 1. The minimum atomic E-state index is -3.87. The van der Waals surface area contributed by atoms with E-state index >= 15 is 0 Å². The molecule has 0 unspecified atom stereocenters. The van der Waals surface area contributed by atoms with Gasteiger partial charge in [0.1, 0.15) is 29.2 Å². The van der Waals surface area contributed by atoms with Crippen molar-refractivity contribution in [2.45, 2.75) is 13.0 Å². The Kier molecular flexibility index (Phi) is 6.55. The number of rotatable bonds is 7. The predicted molar refractivity (Wildman–Crippen MR) is 115 cm³/mol. The van der Waals surface area contributed by atoms with Crippen molar-refractivity contribution < 1.29 is 26.7 Å². The lowest BCUT2D eigenvalue weighted by atomic mass is 10.2. The maximum atomic E-state index is 13.9. The van der Waals surface area contributed by atoms with Gasteiger partial charge in [-0.3, -0.25) is 9.10 Å². The summed E-state index contributed by atoms with van der Waals surface area (Å²) in [7, 11) is -3.87. The van der Waals surface area contributed by atoms with Crippen LogP contribution in [0.4, 0.5) is 20.2 Å². The van der Waals surface area contributed by atoms with E-state index in [1.165, 1.54) is 19.1 Å². The Balaban J connectivity index is 1.81. The molecule has 3 aromatic rings. The van der Waals surface area contributed by atoms with Gasteiger partial charge in [-0.15, -0.1) is 0 Å². The molecule has 3 aromatic carbocycles. The first-order chi connectivity index (χ1) is 14.6. The first-order valence-corrected chi connectivity index (χ1v) is 11.1. The zero-order chi connectivity index (χ0) is 22.6. The number of hydrogen-bond donors (Lipinski definition) is 1. The van der Waals surface area contributed by atoms with Gasteiger partial charge in [-0.2, -0.15) is 0 Å². The van der Waals surface area contributed by atoms with E-state index in [-0.39, 0.29) is 11.4 Å². The molecule has 0 aromatic heterocycles. The average Bonchev–Trinajstić information content (AvgIpc) is 2.71. The molecule has 0 bridgehead atoms. The van der Waals surface area contributed by atoms with Gasteiger partial charge in [0, 0.05) is 6.07 Å². The number of carbonyl (C=O) groups excluding carboxylic acids is 1. The van der Waals surface area contributed by atoms with E-state index in [2.05, 4.69) is 5.32 Å². The SMILES string of the molecule is C[C@H](C(=O)Nc1ccc(F)cc1F)N(c1ccc(Oc2ccccc2)cc1)S(C)(=O)=O. The number of nitrogens with one attached hydrogen (secondary N) is 1. The summed E-state index contributed by atoms with van der Waals surface area (Å²) < 4.78 is 58.3. The molecule has 0 fully saturated rings. The zero-order valence-electron chi connectivity index (χ0n) is 16.7. The highest BCUT2D eigenvalue weighted by Crippen LogP contribution is 2.27. The van der Waals surface area contributed by atoms with Crippen molar-refractivity contribution in [3.63, 3.8) is 0 Å². The maximum Gasteiger partial charge on any atom is 0.248 e. The number of hydrogen-bond acceptors (Lipinski definition) is 4. The second-order valence-electron chi connectivity index (χ2n) is 6.76. The Labute approximate surface area is 179 Å². The van der Waals surface area contributed by atoms with Crippen LogP contribution in [0.15, 0.2) is 72.8 Å². The van der Waals surface area contributed by atoms with Gasteiger partial charge in [0.25, 0.3) is 0 Å². The lowest BCUT2D eigenvalue weighted by molar-refractivity contribution is -0.116. The summed E-state index contributed by atoms with van der Waals surface area (Å²) in [6.07, 6.45) is 0.962.